The Morgan fingerprint density at radius 2 is 0.900 bits per heavy atom. The molecule has 5 nitrogen and oxygen atoms in total. The van der Waals surface area contributed by atoms with E-state index in [4.69, 9.17) is 19.2 Å². The van der Waals surface area contributed by atoms with Gasteiger partial charge in [-0.2, -0.15) is 17.7 Å². The van der Waals surface area contributed by atoms with Crippen molar-refractivity contribution in [2.45, 2.75) is 0 Å². The number of phosphoric acid groups is 1. The van der Waals surface area contributed by atoms with Crippen molar-refractivity contribution in [1.29, 1.82) is 0 Å². The van der Waals surface area contributed by atoms with Crippen molar-refractivity contribution < 1.29 is 113 Å². The van der Waals surface area contributed by atoms with Crippen molar-refractivity contribution in [1.82, 2.24) is 0 Å². The Kier molecular flexibility index (Phi) is 68.7. The fourth-order valence-electron chi connectivity index (χ4n) is 0. The summed E-state index contributed by atoms with van der Waals surface area (Å²) in [4.78, 5) is 25.6. The molecule has 0 fully saturated rings. The van der Waals surface area contributed by atoms with Gasteiger partial charge in [0.25, 0.3) is 0 Å². The van der Waals surface area contributed by atoms with Crippen LogP contribution in [-0.2, 0) is 4.57 Å². The van der Waals surface area contributed by atoms with Gasteiger partial charge >= 0.3 is 88.7 Å². The molecule has 0 aromatic rings. The van der Waals surface area contributed by atoms with E-state index >= 15 is 0 Å². The summed E-state index contributed by atoms with van der Waals surface area (Å²) in [6.45, 7) is 0. The number of rotatable bonds is 0. The minimum Gasteiger partial charge on any atom is -0.822 e. The number of hydrogen-bond donors (Lipinski definition) is 0. The standard InChI is InChI=1S/3Na.H3O4P.H2O.H3P/c;;;1-5(2,3)4;;/h;;;(H3,1,2,3,4);1H2;1H3/q3*+1;;;/p-3. The molecule has 1 atom stereocenters. The molecule has 0 heterocycles. The molecular formula is H5Na3O5P2. The fraction of sp³-hybridized carbons (Fsp3) is 0. The zero-order valence-electron chi connectivity index (χ0n) is 6.29. The van der Waals surface area contributed by atoms with Crippen LogP contribution in [0.3, 0.4) is 0 Å². The fourth-order valence-corrected chi connectivity index (χ4v) is 0. The van der Waals surface area contributed by atoms with E-state index in [1.807, 2.05) is 0 Å². The summed E-state index contributed by atoms with van der Waals surface area (Å²) in [5.74, 6) is 0. The zero-order valence-corrected chi connectivity index (χ0v) is 14.6. The van der Waals surface area contributed by atoms with E-state index in [-0.39, 0.29) is 104 Å². The van der Waals surface area contributed by atoms with Crippen molar-refractivity contribution >= 4 is 17.7 Å². The van der Waals surface area contributed by atoms with E-state index in [1.165, 1.54) is 0 Å². The van der Waals surface area contributed by atoms with Crippen LogP contribution < -0.4 is 103 Å². The molecule has 48 valence electrons. The Labute approximate surface area is 129 Å². The maximum Gasteiger partial charge on any atom is 1.00 e. The second-order valence-electron chi connectivity index (χ2n) is 0.447. The molecule has 0 rings (SSSR count). The summed E-state index contributed by atoms with van der Waals surface area (Å²) < 4.78 is 8.55. The molecule has 0 aliphatic rings. The van der Waals surface area contributed by atoms with Gasteiger partial charge in [-0.15, -0.1) is 0 Å². The molecule has 2 N–H and O–H groups in total. The summed E-state index contributed by atoms with van der Waals surface area (Å²) in [5.41, 5.74) is 0. The van der Waals surface area contributed by atoms with Crippen LogP contribution in [0.4, 0.5) is 0 Å². The van der Waals surface area contributed by atoms with Gasteiger partial charge < -0.3 is 24.7 Å². The van der Waals surface area contributed by atoms with Gasteiger partial charge in [0.05, 0.1) is 0 Å². The summed E-state index contributed by atoms with van der Waals surface area (Å²) >= 11 is 0. The molecule has 0 aliphatic carbocycles. The van der Waals surface area contributed by atoms with Crippen LogP contribution in [0.15, 0.2) is 0 Å². The Hall–Kier alpha value is 3.50. The van der Waals surface area contributed by atoms with Crippen molar-refractivity contribution in [3.8, 4) is 0 Å². The quantitative estimate of drug-likeness (QED) is 0.295. The molecule has 0 aliphatic heterocycles. The van der Waals surface area contributed by atoms with Gasteiger partial charge in [0.2, 0.25) is 0 Å². The smallest absolute Gasteiger partial charge is 0.822 e. The first-order chi connectivity index (χ1) is 2.00. The Morgan fingerprint density at radius 1 is 0.900 bits per heavy atom. The summed E-state index contributed by atoms with van der Waals surface area (Å²) in [6.07, 6.45) is 0. The predicted octanol–water partition coefficient (Wildman–Crippen LogP) is -12.6. The molecule has 0 saturated heterocycles. The summed E-state index contributed by atoms with van der Waals surface area (Å²) in [5, 5.41) is 0. The molecule has 0 aromatic carbocycles. The van der Waals surface area contributed by atoms with Crippen LogP contribution >= 0.6 is 17.7 Å². The first kappa shape index (κ1) is 37.5. The minimum atomic E-state index is -5.39. The van der Waals surface area contributed by atoms with Crippen molar-refractivity contribution in [3.63, 3.8) is 0 Å². The SMILES string of the molecule is O.O=P([O-])([O-])[O-].P.[Na+].[Na+].[Na+]. The monoisotopic (exact) mass is 216 g/mol. The Morgan fingerprint density at radius 3 is 0.900 bits per heavy atom. The van der Waals surface area contributed by atoms with Crippen molar-refractivity contribution in [3.05, 3.63) is 0 Å². The number of hydrogen-bond acceptors (Lipinski definition) is 4. The van der Waals surface area contributed by atoms with Gasteiger partial charge in [-0.05, 0) is 0 Å². The molecule has 0 amide bonds. The van der Waals surface area contributed by atoms with E-state index in [1.54, 1.807) is 0 Å². The van der Waals surface area contributed by atoms with Gasteiger partial charge in [0.1, 0.15) is 0 Å². The summed E-state index contributed by atoms with van der Waals surface area (Å²) in [6, 6.07) is 0. The van der Waals surface area contributed by atoms with Crippen LogP contribution in [0, 0.1) is 0 Å². The molecule has 10 heavy (non-hydrogen) atoms. The summed E-state index contributed by atoms with van der Waals surface area (Å²) in [7, 11) is -5.39. The molecular weight excluding hydrogens is 211 g/mol. The van der Waals surface area contributed by atoms with Gasteiger partial charge in [-0.1, -0.05) is 0 Å². The average Bonchev–Trinajstić information content (AvgIpc) is 0.722. The second-order valence-corrected chi connectivity index (χ2v) is 1.34. The molecule has 0 saturated carbocycles. The van der Waals surface area contributed by atoms with Gasteiger partial charge in [-0.25, -0.2) is 0 Å². The Bertz CT molecular complexity index is 61.0. The topological polar surface area (TPSA) is 118 Å². The molecule has 0 radical (unpaired) electrons. The minimum absolute atomic E-state index is 0. The third kappa shape index (κ3) is 104. The van der Waals surface area contributed by atoms with Gasteiger partial charge in [-0.3, -0.25) is 0 Å². The maximum absolute atomic E-state index is 8.55. The maximum atomic E-state index is 8.55. The third-order valence-corrected chi connectivity index (χ3v) is 0. The predicted molar refractivity (Wildman–Crippen MR) is 22.3 cm³/mol. The average molecular weight is 216 g/mol. The third-order valence-electron chi connectivity index (χ3n) is 0. The van der Waals surface area contributed by atoms with Crippen LogP contribution in [0.2, 0.25) is 0 Å². The first-order valence-electron chi connectivity index (χ1n) is 0.730. The van der Waals surface area contributed by atoms with Crippen molar-refractivity contribution in [2.24, 2.45) is 0 Å². The second kappa shape index (κ2) is 18.3. The van der Waals surface area contributed by atoms with Crippen LogP contribution in [0.25, 0.3) is 0 Å². The van der Waals surface area contributed by atoms with E-state index in [0.29, 0.717) is 0 Å². The van der Waals surface area contributed by atoms with Gasteiger partial charge in [0.15, 0.2) is 0 Å². The van der Waals surface area contributed by atoms with E-state index < -0.39 is 7.82 Å². The van der Waals surface area contributed by atoms with Crippen molar-refractivity contribution in [2.75, 3.05) is 0 Å². The first-order valence-corrected chi connectivity index (χ1v) is 2.19. The van der Waals surface area contributed by atoms with E-state index in [2.05, 4.69) is 0 Å². The molecule has 0 spiro atoms. The van der Waals surface area contributed by atoms with Crippen LogP contribution in [-0.4, -0.2) is 5.48 Å². The van der Waals surface area contributed by atoms with E-state index in [0.717, 1.165) is 0 Å². The molecule has 10 heteroatoms. The van der Waals surface area contributed by atoms with Crippen LogP contribution in [0.5, 0.6) is 0 Å². The normalized spacial score (nSPS) is 5.90. The molecule has 0 aromatic heterocycles. The molecule has 0 bridgehead atoms. The van der Waals surface area contributed by atoms with E-state index in [9.17, 15) is 0 Å². The zero-order chi connectivity index (χ0) is 4.50. The van der Waals surface area contributed by atoms with Crippen LogP contribution in [0.1, 0.15) is 0 Å². The molecule has 1 unspecified atom stereocenters. The Balaban J connectivity index is -0.00000000800. The largest absolute Gasteiger partial charge is 1.00 e. The van der Waals surface area contributed by atoms with Gasteiger partial charge in [0, 0.05) is 0 Å².